The Morgan fingerprint density at radius 2 is 2.06 bits per heavy atom. The highest BCUT2D eigenvalue weighted by molar-refractivity contribution is 7.91. The monoisotopic (exact) mass is 283 g/mol. The lowest BCUT2D eigenvalue weighted by Crippen LogP contribution is -2.22. The molecule has 0 aliphatic rings. The first kappa shape index (κ1) is 13.1. The van der Waals surface area contributed by atoms with E-state index < -0.39 is 21.5 Å². The number of sulfone groups is 1. The SMILES string of the molecule is CS(=O)(=O)CC(=O)Nc1cc(Cl)nc(Cl)n1. The van der Waals surface area contributed by atoms with Gasteiger partial charge in [0.15, 0.2) is 9.84 Å². The van der Waals surface area contributed by atoms with Crippen LogP contribution in [0.15, 0.2) is 6.07 Å². The summed E-state index contributed by atoms with van der Waals surface area (Å²) in [7, 11) is -3.39. The Kier molecular flexibility index (Phi) is 4.06. The molecule has 0 aliphatic carbocycles. The molecular formula is C7H7Cl2N3O3S. The van der Waals surface area contributed by atoms with Crippen LogP contribution in [-0.4, -0.2) is 36.3 Å². The highest BCUT2D eigenvalue weighted by atomic mass is 35.5. The number of hydrogen-bond acceptors (Lipinski definition) is 5. The van der Waals surface area contributed by atoms with E-state index in [2.05, 4.69) is 15.3 Å². The Morgan fingerprint density at radius 3 is 2.56 bits per heavy atom. The van der Waals surface area contributed by atoms with E-state index in [-0.39, 0.29) is 16.3 Å². The summed E-state index contributed by atoms with van der Waals surface area (Å²) < 4.78 is 21.6. The Balaban J connectivity index is 2.77. The van der Waals surface area contributed by atoms with Gasteiger partial charge in [-0.15, -0.1) is 0 Å². The average Bonchev–Trinajstić information content (AvgIpc) is 1.96. The zero-order chi connectivity index (χ0) is 12.3. The van der Waals surface area contributed by atoms with Crippen LogP contribution >= 0.6 is 23.2 Å². The van der Waals surface area contributed by atoms with E-state index in [4.69, 9.17) is 23.2 Å². The highest BCUT2D eigenvalue weighted by Crippen LogP contribution is 2.14. The fraction of sp³-hybridized carbons (Fsp3) is 0.286. The van der Waals surface area contributed by atoms with Crippen molar-refractivity contribution in [2.75, 3.05) is 17.3 Å². The molecule has 0 atom stereocenters. The van der Waals surface area contributed by atoms with Gasteiger partial charge in [0.1, 0.15) is 16.7 Å². The molecule has 1 N–H and O–H groups in total. The first-order valence-corrected chi connectivity index (χ1v) is 6.75. The van der Waals surface area contributed by atoms with Crippen LogP contribution in [0.5, 0.6) is 0 Å². The summed E-state index contributed by atoms with van der Waals surface area (Å²) in [5.74, 6) is -1.29. The van der Waals surface area contributed by atoms with Gasteiger partial charge in [0.25, 0.3) is 0 Å². The second kappa shape index (κ2) is 4.94. The lowest BCUT2D eigenvalue weighted by molar-refractivity contribution is -0.113. The molecule has 0 radical (unpaired) electrons. The molecule has 0 aliphatic heterocycles. The third-order valence-electron chi connectivity index (χ3n) is 1.33. The van der Waals surface area contributed by atoms with Gasteiger partial charge in [0, 0.05) is 12.3 Å². The number of amides is 1. The number of halogens is 2. The van der Waals surface area contributed by atoms with Gasteiger partial charge in [-0.2, -0.15) is 0 Å². The topological polar surface area (TPSA) is 89.0 Å². The number of hydrogen-bond donors (Lipinski definition) is 1. The van der Waals surface area contributed by atoms with E-state index in [1.165, 1.54) is 6.07 Å². The predicted octanol–water partition coefficient (Wildman–Crippen LogP) is 0.766. The molecule has 1 aromatic heterocycles. The smallest absolute Gasteiger partial charge is 0.240 e. The van der Waals surface area contributed by atoms with Crippen LogP contribution in [0.25, 0.3) is 0 Å². The van der Waals surface area contributed by atoms with E-state index in [0.29, 0.717) is 0 Å². The van der Waals surface area contributed by atoms with Crippen LogP contribution in [-0.2, 0) is 14.6 Å². The molecule has 9 heteroatoms. The molecule has 1 heterocycles. The quantitative estimate of drug-likeness (QED) is 0.654. The van der Waals surface area contributed by atoms with Crippen LogP contribution in [0.2, 0.25) is 10.4 Å². The number of rotatable bonds is 3. The minimum atomic E-state index is -3.39. The van der Waals surface area contributed by atoms with Crippen molar-refractivity contribution in [2.45, 2.75) is 0 Å². The first-order valence-electron chi connectivity index (χ1n) is 3.94. The van der Waals surface area contributed by atoms with Gasteiger partial charge < -0.3 is 5.32 Å². The number of nitrogens with one attached hydrogen (secondary N) is 1. The van der Waals surface area contributed by atoms with E-state index in [9.17, 15) is 13.2 Å². The molecule has 88 valence electrons. The fourth-order valence-corrected chi connectivity index (χ4v) is 1.83. The molecule has 0 aromatic carbocycles. The van der Waals surface area contributed by atoms with E-state index in [1.54, 1.807) is 0 Å². The van der Waals surface area contributed by atoms with Gasteiger partial charge in [0.2, 0.25) is 11.2 Å². The molecule has 1 aromatic rings. The molecule has 0 bridgehead atoms. The zero-order valence-electron chi connectivity index (χ0n) is 8.07. The summed E-state index contributed by atoms with van der Waals surface area (Å²) in [5, 5.41) is 2.16. The lowest BCUT2D eigenvalue weighted by atomic mass is 10.5. The Morgan fingerprint density at radius 1 is 1.44 bits per heavy atom. The van der Waals surface area contributed by atoms with Crippen molar-refractivity contribution in [1.29, 1.82) is 0 Å². The van der Waals surface area contributed by atoms with Crippen LogP contribution in [0, 0.1) is 0 Å². The Labute approximate surface area is 102 Å². The van der Waals surface area contributed by atoms with E-state index >= 15 is 0 Å². The molecule has 1 rings (SSSR count). The average molecular weight is 284 g/mol. The number of carbonyl (C=O) groups is 1. The number of aromatic nitrogens is 2. The molecule has 0 fully saturated rings. The molecule has 1 amide bonds. The van der Waals surface area contributed by atoms with Gasteiger partial charge >= 0.3 is 0 Å². The minimum absolute atomic E-state index is 0.0506. The molecular weight excluding hydrogens is 277 g/mol. The van der Waals surface area contributed by atoms with Crippen LogP contribution < -0.4 is 5.32 Å². The lowest BCUT2D eigenvalue weighted by Gasteiger charge is -2.03. The predicted molar refractivity (Wildman–Crippen MR) is 60.4 cm³/mol. The van der Waals surface area contributed by atoms with Crippen molar-refractivity contribution in [3.8, 4) is 0 Å². The number of anilines is 1. The van der Waals surface area contributed by atoms with E-state index in [0.717, 1.165) is 6.26 Å². The molecule has 0 saturated carbocycles. The van der Waals surface area contributed by atoms with Crippen molar-refractivity contribution < 1.29 is 13.2 Å². The van der Waals surface area contributed by atoms with Gasteiger partial charge in [-0.25, -0.2) is 18.4 Å². The summed E-state index contributed by atoms with van der Waals surface area (Å²) in [6.45, 7) is 0. The molecule has 16 heavy (non-hydrogen) atoms. The van der Waals surface area contributed by atoms with Gasteiger partial charge in [-0.05, 0) is 11.6 Å². The van der Waals surface area contributed by atoms with Gasteiger partial charge in [-0.3, -0.25) is 4.79 Å². The minimum Gasteiger partial charge on any atom is -0.310 e. The summed E-state index contributed by atoms with van der Waals surface area (Å²) in [6, 6.07) is 1.26. The van der Waals surface area contributed by atoms with Crippen molar-refractivity contribution in [2.24, 2.45) is 0 Å². The molecule has 0 unspecified atom stereocenters. The molecule has 0 saturated heterocycles. The van der Waals surface area contributed by atoms with Gasteiger partial charge in [0.05, 0.1) is 0 Å². The summed E-state index contributed by atoms with van der Waals surface area (Å²) in [4.78, 5) is 18.4. The van der Waals surface area contributed by atoms with Crippen molar-refractivity contribution in [3.63, 3.8) is 0 Å². The van der Waals surface area contributed by atoms with Crippen LogP contribution in [0.4, 0.5) is 5.82 Å². The third-order valence-corrected chi connectivity index (χ3v) is 2.48. The van der Waals surface area contributed by atoms with Crippen LogP contribution in [0.3, 0.4) is 0 Å². The van der Waals surface area contributed by atoms with Crippen molar-refractivity contribution >= 4 is 44.8 Å². The zero-order valence-corrected chi connectivity index (χ0v) is 10.4. The second-order valence-corrected chi connectivity index (χ2v) is 5.83. The normalized spacial score (nSPS) is 11.2. The number of nitrogens with zero attached hydrogens (tertiary/aromatic N) is 2. The van der Waals surface area contributed by atoms with E-state index in [1.807, 2.05) is 0 Å². The largest absolute Gasteiger partial charge is 0.310 e. The maximum Gasteiger partial charge on any atom is 0.240 e. The second-order valence-electron chi connectivity index (χ2n) is 2.96. The fourth-order valence-electron chi connectivity index (χ4n) is 0.871. The third kappa shape index (κ3) is 4.73. The van der Waals surface area contributed by atoms with Crippen molar-refractivity contribution in [1.82, 2.24) is 9.97 Å². The highest BCUT2D eigenvalue weighted by Gasteiger charge is 2.12. The molecule has 6 nitrogen and oxygen atoms in total. The van der Waals surface area contributed by atoms with Gasteiger partial charge in [-0.1, -0.05) is 11.6 Å². The first-order chi connectivity index (χ1) is 7.26. The van der Waals surface area contributed by atoms with Crippen molar-refractivity contribution in [3.05, 3.63) is 16.5 Å². The number of carbonyl (C=O) groups excluding carboxylic acids is 1. The van der Waals surface area contributed by atoms with Crippen LogP contribution in [0.1, 0.15) is 0 Å². The maximum atomic E-state index is 11.2. The summed E-state index contributed by atoms with van der Waals surface area (Å²) in [6.07, 6.45) is 0.951. The maximum absolute atomic E-state index is 11.2. The summed E-state index contributed by atoms with van der Waals surface area (Å²) in [5.41, 5.74) is 0. The molecule has 0 spiro atoms. The standard InChI is InChI=1S/C7H7Cl2N3O3S/c1-16(14,15)3-6(13)11-5-2-4(8)10-7(9)12-5/h2H,3H2,1H3,(H,10,11,12,13). The Hall–Kier alpha value is -0.920. The summed E-state index contributed by atoms with van der Waals surface area (Å²) >= 11 is 11.1. The Bertz CT molecular complexity index is 497.